The molecule has 0 bridgehead atoms. The van der Waals surface area contributed by atoms with Crippen molar-refractivity contribution in [3.05, 3.63) is 60.7 Å². The highest BCUT2D eigenvalue weighted by molar-refractivity contribution is 5.22. The van der Waals surface area contributed by atoms with E-state index in [1.165, 1.54) is 0 Å². The first-order chi connectivity index (χ1) is 11.2. The van der Waals surface area contributed by atoms with Crippen LogP contribution in [0.15, 0.2) is 60.7 Å². The van der Waals surface area contributed by atoms with Gasteiger partial charge in [-0.2, -0.15) is 0 Å². The van der Waals surface area contributed by atoms with E-state index < -0.39 is 0 Å². The van der Waals surface area contributed by atoms with E-state index in [-0.39, 0.29) is 5.60 Å². The standard InChI is InChI=1S/C20H25NO2/c1-20(23-19-11-6-3-7-12-19)13-8-14-21(17-20)15-16-22-18-9-4-2-5-10-18/h2-7,9-12H,8,13-17H2,1H3. The number of likely N-dealkylation sites (tertiary alicyclic amines) is 1. The van der Waals surface area contributed by atoms with Gasteiger partial charge in [-0.15, -0.1) is 0 Å². The van der Waals surface area contributed by atoms with Crippen molar-refractivity contribution in [1.82, 2.24) is 4.90 Å². The molecule has 0 amide bonds. The predicted octanol–water partition coefficient (Wildman–Crippen LogP) is 4.00. The Morgan fingerprint density at radius 2 is 1.61 bits per heavy atom. The van der Waals surface area contributed by atoms with Gasteiger partial charge in [0.2, 0.25) is 0 Å². The number of hydrogen-bond acceptors (Lipinski definition) is 3. The number of piperidine rings is 1. The summed E-state index contributed by atoms with van der Waals surface area (Å²) in [6.07, 6.45) is 2.26. The molecular formula is C20H25NO2. The monoisotopic (exact) mass is 311 g/mol. The zero-order chi connectivity index (χ0) is 16.0. The van der Waals surface area contributed by atoms with Crippen LogP contribution in [0.3, 0.4) is 0 Å². The third-order valence-electron chi connectivity index (χ3n) is 4.26. The number of nitrogens with zero attached hydrogens (tertiary/aromatic N) is 1. The van der Waals surface area contributed by atoms with Crippen LogP contribution < -0.4 is 9.47 Å². The van der Waals surface area contributed by atoms with E-state index in [9.17, 15) is 0 Å². The lowest BCUT2D eigenvalue weighted by molar-refractivity contribution is 0.00215. The average molecular weight is 311 g/mol. The normalized spacial score (nSPS) is 21.8. The summed E-state index contributed by atoms with van der Waals surface area (Å²) in [5, 5.41) is 0. The molecule has 0 aromatic heterocycles. The van der Waals surface area contributed by atoms with Crippen LogP contribution in [0.1, 0.15) is 19.8 Å². The smallest absolute Gasteiger partial charge is 0.120 e. The Morgan fingerprint density at radius 1 is 0.957 bits per heavy atom. The second kappa shape index (κ2) is 7.51. The SMILES string of the molecule is CC1(Oc2ccccc2)CCCN(CCOc2ccccc2)C1. The summed E-state index contributed by atoms with van der Waals surface area (Å²) >= 11 is 0. The van der Waals surface area contributed by atoms with Crippen molar-refractivity contribution < 1.29 is 9.47 Å². The van der Waals surface area contributed by atoms with Crippen molar-refractivity contribution in [1.29, 1.82) is 0 Å². The molecule has 1 aliphatic heterocycles. The third kappa shape index (κ3) is 4.73. The number of hydrogen-bond donors (Lipinski definition) is 0. The molecule has 1 aliphatic rings. The first kappa shape index (κ1) is 15.9. The molecule has 3 nitrogen and oxygen atoms in total. The Morgan fingerprint density at radius 3 is 2.30 bits per heavy atom. The molecule has 0 spiro atoms. The average Bonchev–Trinajstić information content (AvgIpc) is 2.56. The van der Waals surface area contributed by atoms with E-state index in [4.69, 9.17) is 9.47 Å². The fourth-order valence-electron chi connectivity index (χ4n) is 3.16. The summed E-state index contributed by atoms with van der Waals surface area (Å²) in [6, 6.07) is 20.1. The van der Waals surface area contributed by atoms with Gasteiger partial charge in [-0.1, -0.05) is 36.4 Å². The number of ether oxygens (including phenoxy) is 2. The number of benzene rings is 2. The van der Waals surface area contributed by atoms with Gasteiger partial charge < -0.3 is 9.47 Å². The maximum absolute atomic E-state index is 6.26. The van der Waals surface area contributed by atoms with Crippen molar-refractivity contribution in [3.63, 3.8) is 0 Å². The van der Waals surface area contributed by atoms with Crippen molar-refractivity contribution in [2.75, 3.05) is 26.2 Å². The minimum atomic E-state index is -0.119. The highest BCUT2D eigenvalue weighted by Gasteiger charge is 2.32. The molecule has 1 atom stereocenters. The highest BCUT2D eigenvalue weighted by Crippen LogP contribution is 2.27. The van der Waals surface area contributed by atoms with E-state index in [2.05, 4.69) is 11.8 Å². The summed E-state index contributed by atoms with van der Waals surface area (Å²) < 4.78 is 12.1. The van der Waals surface area contributed by atoms with Gasteiger partial charge in [0.25, 0.3) is 0 Å². The maximum atomic E-state index is 6.26. The van der Waals surface area contributed by atoms with Crippen LogP contribution in [-0.2, 0) is 0 Å². The quantitative estimate of drug-likeness (QED) is 0.805. The van der Waals surface area contributed by atoms with Gasteiger partial charge in [0.05, 0.1) is 0 Å². The summed E-state index contributed by atoms with van der Waals surface area (Å²) in [7, 11) is 0. The van der Waals surface area contributed by atoms with Crippen LogP contribution in [0.2, 0.25) is 0 Å². The molecule has 2 aromatic carbocycles. The van der Waals surface area contributed by atoms with E-state index >= 15 is 0 Å². The third-order valence-corrected chi connectivity index (χ3v) is 4.26. The Labute approximate surface area is 138 Å². The zero-order valence-corrected chi connectivity index (χ0v) is 13.8. The Hall–Kier alpha value is -2.00. The second-order valence-corrected chi connectivity index (χ2v) is 6.41. The van der Waals surface area contributed by atoms with E-state index in [1.54, 1.807) is 0 Å². The van der Waals surface area contributed by atoms with Gasteiger partial charge >= 0.3 is 0 Å². The lowest BCUT2D eigenvalue weighted by atomic mass is 9.94. The van der Waals surface area contributed by atoms with Crippen LogP contribution >= 0.6 is 0 Å². The Bertz CT molecular complexity index is 587. The van der Waals surface area contributed by atoms with Crippen molar-refractivity contribution >= 4 is 0 Å². The molecule has 3 rings (SSSR count). The van der Waals surface area contributed by atoms with Crippen molar-refractivity contribution in [3.8, 4) is 11.5 Å². The number of para-hydroxylation sites is 2. The largest absolute Gasteiger partial charge is 0.492 e. The fourth-order valence-corrected chi connectivity index (χ4v) is 3.16. The van der Waals surface area contributed by atoms with Gasteiger partial charge in [0.1, 0.15) is 23.7 Å². The van der Waals surface area contributed by atoms with Crippen molar-refractivity contribution in [2.24, 2.45) is 0 Å². The number of rotatable bonds is 6. The van der Waals surface area contributed by atoms with E-state index in [0.29, 0.717) is 6.61 Å². The van der Waals surface area contributed by atoms with Gasteiger partial charge in [0.15, 0.2) is 0 Å². The topological polar surface area (TPSA) is 21.7 Å². The van der Waals surface area contributed by atoms with Gasteiger partial charge in [-0.05, 0) is 50.6 Å². The molecule has 1 heterocycles. The molecule has 1 saturated heterocycles. The van der Waals surface area contributed by atoms with E-state index in [0.717, 1.165) is 44.0 Å². The molecular weight excluding hydrogens is 286 g/mol. The zero-order valence-electron chi connectivity index (χ0n) is 13.8. The molecule has 0 radical (unpaired) electrons. The first-order valence-corrected chi connectivity index (χ1v) is 8.38. The van der Waals surface area contributed by atoms with Crippen LogP contribution in [0.4, 0.5) is 0 Å². The summed E-state index contributed by atoms with van der Waals surface area (Å²) in [6.45, 7) is 5.92. The first-order valence-electron chi connectivity index (χ1n) is 8.38. The summed E-state index contributed by atoms with van der Waals surface area (Å²) in [4.78, 5) is 2.44. The maximum Gasteiger partial charge on any atom is 0.120 e. The Kier molecular flexibility index (Phi) is 5.19. The summed E-state index contributed by atoms with van der Waals surface area (Å²) in [5.41, 5.74) is -0.119. The van der Waals surface area contributed by atoms with Crippen molar-refractivity contribution in [2.45, 2.75) is 25.4 Å². The molecule has 1 unspecified atom stereocenters. The molecule has 3 heteroatoms. The fraction of sp³-hybridized carbons (Fsp3) is 0.400. The van der Waals surface area contributed by atoms with Crippen LogP contribution in [0.5, 0.6) is 11.5 Å². The minimum Gasteiger partial charge on any atom is -0.492 e. The molecule has 0 N–H and O–H groups in total. The minimum absolute atomic E-state index is 0.119. The van der Waals surface area contributed by atoms with Gasteiger partial charge in [-0.3, -0.25) is 4.90 Å². The summed E-state index contributed by atoms with van der Waals surface area (Å²) in [5.74, 6) is 1.89. The van der Waals surface area contributed by atoms with Crippen LogP contribution in [0, 0.1) is 0 Å². The van der Waals surface area contributed by atoms with Crippen LogP contribution in [-0.4, -0.2) is 36.7 Å². The lowest BCUT2D eigenvalue weighted by Crippen LogP contribution is -2.50. The highest BCUT2D eigenvalue weighted by atomic mass is 16.5. The lowest BCUT2D eigenvalue weighted by Gasteiger charge is -2.40. The second-order valence-electron chi connectivity index (χ2n) is 6.41. The molecule has 122 valence electrons. The molecule has 23 heavy (non-hydrogen) atoms. The van der Waals surface area contributed by atoms with Gasteiger partial charge in [-0.25, -0.2) is 0 Å². The predicted molar refractivity (Wildman–Crippen MR) is 93.1 cm³/mol. The molecule has 1 fully saturated rings. The molecule has 0 aliphatic carbocycles. The molecule has 2 aromatic rings. The Balaban J connectivity index is 1.49. The van der Waals surface area contributed by atoms with Crippen LogP contribution in [0.25, 0.3) is 0 Å². The van der Waals surface area contributed by atoms with Gasteiger partial charge in [0, 0.05) is 13.1 Å². The molecule has 0 saturated carbocycles. The van der Waals surface area contributed by atoms with E-state index in [1.807, 2.05) is 60.7 Å².